The zero-order valence-electron chi connectivity index (χ0n) is 18.5. The molecule has 0 bridgehead atoms. The van der Waals surface area contributed by atoms with Crippen LogP contribution in [0.2, 0.25) is 0 Å². The lowest BCUT2D eigenvalue weighted by Crippen LogP contribution is -2.37. The highest BCUT2D eigenvalue weighted by atomic mass is 127. The highest BCUT2D eigenvalue weighted by Gasteiger charge is 2.16. The van der Waals surface area contributed by atoms with Crippen molar-refractivity contribution in [3.8, 4) is 5.75 Å². The van der Waals surface area contributed by atoms with E-state index in [1.807, 2.05) is 54.6 Å². The SMILES string of the molecule is CN=C(NCCCOc1ccccc1)NCc1cccc(C(=O)NCC2CCCO2)c1.I. The number of carbonyl (C=O) groups is 1. The molecule has 1 fully saturated rings. The lowest BCUT2D eigenvalue weighted by molar-refractivity contribution is 0.0857. The minimum absolute atomic E-state index is 0. The second kappa shape index (κ2) is 14.7. The molecule has 7 nitrogen and oxygen atoms in total. The van der Waals surface area contributed by atoms with E-state index in [2.05, 4.69) is 20.9 Å². The first-order valence-corrected chi connectivity index (χ1v) is 10.9. The van der Waals surface area contributed by atoms with Crippen LogP contribution >= 0.6 is 24.0 Å². The van der Waals surface area contributed by atoms with Gasteiger partial charge in [-0.25, -0.2) is 0 Å². The van der Waals surface area contributed by atoms with E-state index in [9.17, 15) is 4.79 Å². The molecule has 1 aliphatic heterocycles. The van der Waals surface area contributed by atoms with Crippen LogP contribution in [0.5, 0.6) is 5.75 Å². The van der Waals surface area contributed by atoms with Crippen LogP contribution in [0.1, 0.15) is 35.2 Å². The molecule has 0 aliphatic carbocycles. The van der Waals surface area contributed by atoms with Crippen molar-refractivity contribution in [2.24, 2.45) is 4.99 Å². The molecule has 1 amide bonds. The third-order valence-corrected chi connectivity index (χ3v) is 5.01. The molecule has 0 saturated carbocycles. The Balaban J connectivity index is 0.00000363. The molecule has 0 aromatic heterocycles. The van der Waals surface area contributed by atoms with Crippen LogP contribution in [0.15, 0.2) is 59.6 Å². The van der Waals surface area contributed by atoms with Crippen LogP contribution in [-0.2, 0) is 11.3 Å². The van der Waals surface area contributed by atoms with E-state index in [0.29, 0.717) is 31.2 Å². The maximum Gasteiger partial charge on any atom is 0.251 e. The Morgan fingerprint density at radius 1 is 1.12 bits per heavy atom. The molecule has 1 heterocycles. The molecule has 8 heteroatoms. The first kappa shape index (κ1) is 25.9. The second-order valence-electron chi connectivity index (χ2n) is 7.41. The van der Waals surface area contributed by atoms with E-state index in [1.165, 1.54) is 0 Å². The largest absolute Gasteiger partial charge is 0.494 e. The van der Waals surface area contributed by atoms with Crippen molar-refractivity contribution in [2.45, 2.75) is 31.9 Å². The Morgan fingerprint density at radius 3 is 2.72 bits per heavy atom. The van der Waals surface area contributed by atoms with Gasteiger partial charge in [-0.05, 0) is 49.1 Å². The summed E-state index contributed by atoms with van der Waals surface area (Å²) in [6, 6.07) is 17.4. The van der Waals surface area contributed by atoms with Crippen molar-refractivity contribution >= 4 is 35.8 Å². The third-order valence-electron chi connectivity index (χ3n) is 5.01. The summed E-state index contributed by atoms with van der Waals surface area (Å²) in [6.45, 7) is 3.31. The van der Waals surface area contributed by atoms with Gasteiger partial charge >= 0.3 is 0 Å². The number of hydrogen-bond donors (Lipinski definition) is 3. The van der Waals surface area contributed by atoms with E-state index in [-0.39, 0.29) is 36.0 Å². The summed E-state index contributed by atoms with van der Waals surface area (Å²) < 4.78 is 11.3. The zero-order valence-corrected chi connectivity index (χ0v) is 20.8. The molecule has 1 unspecified atom stereocenters. The summed E-state index contributed by atoms with van der Waals surface area (Å²) in [5, 5.41) is 9.53. The highest BCUT2D eigenvalue weighted by Crippen LogP contribution is 2.11. The van der Waals surface area contributed by atoms with Crippen molar-refractivity contribution in [3.05, 3.63) is 65.7 Å². The number of amides is 1. The average Bonchev–Trinajstić information content (AvgIpc) is 3.34. The van der Waals surface area contributed by atoms with Gasteiger partial charge in [0.25, 0.3) is 5.91 Å². The smallest absolute Gasteiger partial charge is 0.251 e. The number of nitrogens with zero attached hydrogens (tertiary/aromatic N) is 1. The molecule has 2 aromatic rings. The van der Waals surface area contributed by atoms with Crippen LogP contribution < -0.4 is 20.7 Å². The number of benzene rings is 2. The van der Waals surface area contributed by atoms with Gasteiger partial charge in [0.15, 0.2) is 5.96 Å². The Morgan fingerprint density at radius 2 is 1.97 bits per heavy atom. The fourth-order valence-corrected chi connectivity index (χ4v) is 3.33. The minimum Gasteiger partial charge on any atom is -0.494 e. The van der Waals surface area contributed by atoms with Gasteiger partial charge in [0.2, 0.25) is 0 Å². The standard InChI is InChI=1S/C24H32N4O3.HI/c1-25-24(26-13-7-15-30-21-10-3-2-4-11-21)28-17-19-8-5-9-20(16-19)23(29)27-18-22-12-6-14-31-22;/h2-5,8-11,16,22H,6-7,12-15,17-18H2,1H3,(H,27,29)(H2,25,26,28);1H. The number of halogens is 1. The molecule has 174 valence electrons. The van der Waals surface area contributed by atoms with E-state index >= 15 is 0 Å². The summed E-state index contributed by atoms with van der Waals surface area (Å²) >= 11 is 0. The number of para-hydroxylation sites is 1. The van der Waals surface area contributed by atoms with Crippen molar-refractivity contribution in [1.29, 1.82) is 0 Å². The summed E-state index contributed by atoms with van der Waals surface area (Å²) in [6.07, 6.45) is 3.07. The molecule has 1 saturated heterocycles. The third kappa shape index (κ3) is 9.04. The lowest BCUT2D eigenvalue weighted by atomic mass is 10.1. The van der Waals surface area contributed by atoms with Crippen LogP contribution in [0.4, 0.5) is 0 Å². The van der Waals surface area contributed by atoms with Gasteiger partial charge in [0.05, 0.1) is 12.7 Å². The summed E-state index contributed by atoms with van der Waals surface area (Å²) in [5.41, 5.74) is 1.67. The van der Waals surface area contributed by atoms with Crippen molar-refractivity contribution in [1.82, 2.24) is 16.0 Å². The summed E-state index contributed by atoms with van der Waals surface area (Å²) in [7, 11) is 1.74. The monoisotopic (exact) mass is 552 g/mol. The topological polar surface area (TPSA) is 84.0 Å². The van der Waals surface area contributed by atoms with E-state index in [4.69, 9.17) is 9.47 Å². The number of hydrogen-bond acceptors (Lipinski definition) is 4. The van der Waals surface area contributed by atoms with Crippen molar-refractivity contribution < 1.29 is 14.3 Å². The number of nitrogens with one attached hydrogen (secondary N) is 3. The van der Waals surface area contributed by atoms with E-state index in [0.717, 1.165) is 43.7 Å². The Kier molecular flexibility index (Phi) is 11.9. The van der Waals surface area contributed by atoms with Crippen LogP contribution in [0, 0.1) is 0 Å². The zero-order chi connectivity index (χ0) is 21.7. The fourth-order valence-electron chi connectivity index (χ4n) is 3.33. The number of guanidine groups is 1. The number of rotatable bonds is 10. The van der Waals surface area contributed by atoms with Gasteiger partial charge in [-0.15, -0.1) is 24.0 Å². The van der Waals surface area contributed by atoms with Crippen LogP contribution in [0.25, 0.3) is 0 Å². The van der Waals surface area contributed by atoms with Gasteiger partial charge in [0.1, 0.15) is 5.75 Å². The predicted octanol–water partition coefficient (Wildman–Crippen LogP) is 3.35. The molecule has 1 atom stereocenters. The number of ether oxygens (including phenoxy) is 2. The predicted molar refractivity (Wildman–Crippen MR) is 138 cm³/mol. The normalized spacial score (nSPS) is 15.5. The van der Waals surface area contributed by atoms with Crippen LogP contribution in [0.3, 0.4) is 0 Å². The Labute approximate surface area is 207 Å². The van der Waals surface area contributed by atoms with Gasteiger partial charge in [-0.2, -0.15) is 0 Å². The molecular weight excluding hydrogens is 519 g/mol. The quantitative estimate of drug-likeness (QED) is 0.182. The molecule has 0 spiro atoms. The van der Waals surface area contributed by atoms with E-state index in [1.54, 1.807) is 7.05 Å². The number of carbonyl (C=O) groups excluding carboxylic acids is 1. The Hall–Kier alpha value is -2.33. The average molecular weight is 552 g/mol. The van der Waals surface area contributed by atoms with Gasteiger partial charge < -0.3 is 25.4 Å². The van der Waals surface area contributed by atoms with Crippen LogP contribution in [-0.4, -0.2) is 51.3 Å². The highest BCUT2D eigenvalue weighted by molar-refractivity contribution is 14.0. The fraction of sp³-hybridized carbons (Fsp3) is 0.417. The van der Waals surface area contributed by atoms with Gasteiger partial charge in [-0.1, -0.05) is 30.3 Å². The molecule has 3 N–H and O–H groups in total. The summed E-state index contributed by atoms with van der Waals surface area (Å²) in [5.74, 6) is 1.52. The second-order valence-corrected chi connectivity index (χ2v) is 7.41. The molecular formula is C24H33IN4O3. The minimum atomic E-state index is -0.0710. The first-order chi connectivity index (χ1) is 15.2. The Bertz CT molecular complexity index is 842. The number of aliphatic imine (C=N–C) groups is 1. The van der Waals surface area contributed by atoms with Gasteiger partial charge in [0, 0.05) is 38.9 Å². The maximum atomic E-state index is 12.4. The molecule has 3 rings (SSSR count). The molecule has 2 aromatic carbocycles. The molecule has 32 heavy (non-hydrogen) atoms. The van der Waals surface area contributed by atoms with Gasteiger partial charge in [-0.3, -0.25) is 9.79 Å². The van der Waals surface area contributed by atoms with E-state index < -0.39 is 0 Å². The van der Waals surface area contributed by atoms with Crippen molar-refractivity contribution in [2.75, 3.05) is 33.4 Å². The first-order valence-electron chi connectivity index (χ1n) is 10.9. The lowest BCUT2D eigenvalue weighted by Gasteiger charge is -2.13. The maximum absolute atomic E-state index is 12.4. The molecule has 1 aliphatic rings. The van der Waals surface area contributed by atoms with Crippen molar-refractivity contribution in [3.63, 3.8) is 0 Å². The summed E-state index contributed by atoms with van der Waals surface area (Å²) in [4.78, 5) is 16.7. The molecule has 0 radical (unpaired) electrons.